The number of carbonyl (C=O) groups is 2. The van der Waals surface area contributed by atoms with Gasteiger partial charge in [-0.2, -0.15) is 0 Å². The summed E-state index contributed by atoms with van der Waals surface area (Å²) in [5.41, 5.74) is 0.568. The maximum atomic E-state index is 12.0. The monoisotopic (exact) mass is 276 g/mol. The van der Waals surface area contributed by atoms with E-state index in [2.05, 4.69) is 15.6 Å². The number of carbonyl (C=O) groups excluding carboxylic acids is 2. The lowest BCUT2D eigenvalue weighted by Gasteiger charge is -2.32. The van der Waals surface area contributed by atoms with E-state index >= 15 is 0 Å². The number of nitrogens with one attached hydrogen (secondary N) is 2. The Morgan fingerprint density at radius 1 is 1.40 bits per heavy atom. The molecule has 6 heteroatoms. The van der Waals surface area contributed by atoms with Gasteiger partial charge in [-0.15, -0.1) is 0 Å². The average Bonchev–Trinajstić information content (AvgIpc) is 2.49. The van der Waals surface area contributed by atoms with Gasteiger partial charge in [0.2, 0.25) is 0 Å². The van der Waals surface area contributed by atoms with E-state index in [0.717, 1.165) is 12.8 Å². The van der Waals surface area contributed by atoms with Gasteiger partial charge >= 0.3 is 6.03 Å². The van der Waals surface area contributed by atoms with Crippen LogP contribution < -0.4 is 10.6 Å². The van der Waals surface area contributed by atoms with Crippen molar-refractivity contribution in [3.63, 3.8) is 0 Å². The molecule has 20 heavy (non-hydrogen) atoms. The number of hydrogen-bond acceptors (Lipinski definition) is 3. The van der Waals surface area contributed by atoms with Crippen molar-refractivity contribution in [3.05, 3.63) is 30.1 Å². The minimum Gasteiger partial charge on any atom is -0.349 e. The number of nitrogens with zero attached hydrogens (tertiary/aromatic N) is 2. The Balaban J connectivity index is 1.80. The highest BCUT2D eigenvalue weighted by atomic mass is 16.2. The van der Waals surface area contributed by atoms with Crippen molar-refractivity contribution in [1.29, 1.82) is 0 Å². The molecule has 1 aromatic heterocycles. The molecule has 0 spiro atoms. The van der Waals surface area contributed by atoms with Crippen molar-refractivity contribution in [3.8, 4) is 0 Å². The molecule has 1 aliphatic rings. The highest BCUT2D eigenvalue weighted by Gasteiger charge is 2.23. The zero-order valence-electron chi connectivity index (χ0n) is 11.6. The third-order valence-electron chi connectivity index (χ3n) is 3.37. The van der Waals surface area contributed by atoms with Gasteiger partial charge in [0.15, 0.2) is 0 Å². The van der Waals surface area contributed by atoms with Crippen molar-refractivity contribution in [2.24, 2.45) is 0 Å². The molecule has 3 amide bonds. The summed E-state index contributed by atoms with van der Waals surface area (Å²) < 4.78 is 0. The van der Waals surface area contributed by atoms with Gasteiger partial charge in [0.1, 0.15) is 0 Å². The maximum absolute atomic E-state index is 12.0. The van der Waals surface area contributed by atoms with Crippen molar-refractivity contribution in [1.82, 2.24) is 20.5 Å². The quantitative estimate of drug-likeness (QED) is 0.865. The van der Waals surface area contributed by atoms with E-state index in [1.165, 1.54) is 0 Å². The Morgan fingerprint density at radius 3 is 2.75 bits per heavy atom. The van der Waals surface area contributed by atoms with Crippen LogP contribution in [0.2, 0.25) is 0 Å². The Hall–Kier alpha value is -2.11. The van der Waals surface area contributed by atoms with E-state index < -0.39 is 0 Å². The van der Waals surface area contributed by atoms with E-state index in [1.54, 1.807) is 29.4 Å². The normalized spacial score (nSPS) is 15.8. The van der Waals surface area contributed by atoms with Crippen molar-refractivity contribution in [2.75, 3.05) is 19.6 Å². The number of aromatic nitrogens is 1. The van der Waals surface area contributed by atoms with Gasteiger partial charge in [-0.05, 0) is 31.9 Å². The van der Waals surface area contributed by atoms with Crippen LogP contribution in [0.25, 0.3) is 0 Å². The van der Waals surface area contributed by atoms with Gasteiger partial charge in [0.25, 0.3) is 5.91 Å². The first-order chi connectivity index (χ1) is 9.70. The second-order valence-corrected chi connectivity index (χ2v) is 4.81. The van der Waals surface area contributed by atoms with Crippen LogP contribution in [0.15, 0.2) is 24.5 Å². The predicted molar refractivity (Wildman–Crippen MR) is 75.4 cm³/mol. The molecule has 0 bridgehead atoms. The highest BCUT2D eigenvalue weighted by molar-refractivity contribution is 5.94. The van der Waals surface area contributed by atoms with E-state index in [9.17, 15) is 9.59 Å². The van der Waals surface area contributed by atoms with Gasteiger partial charge in [0, 0.05) is 38.1 Å². The van der Waals surface area contributed by atoms with Crippen LogP contribution in [0.1, 0.15) is 30.1 Å². The fourth-order valence-electron chi connectivity index (χ4n) is 2.26. The molecular weight excluding hydrogens is 256 g/mol. The summed E-state index contributed by atoms with van der Waals surface area (Å²) in [5.74, 6) is -0.102. The van der Waals surface area contributed by atoms with Crippen molar-refractivity contribution < 1.29 is 9.59 Å². The van der Waals surface area contributed by atoms with Crippen molar-refractivity contribution in [2.45, 2.75) is 25.8 Å². The molecule has 108 valence electrons. The van der Waals surface area contributed by atoms with Gasteiger partial charge < -0.3 is 15.5 Å². The van der Waals surface area contributed by atoms with Crippen LogP contribution in [0.3, 0.4) is 0 Å². The number of urea groups is 1. The minimum atomic E-state index is -0.102. The molecule has 2 rings (SSSR count). The molecule has 6 nitrogen and oxygen atoms in total. The minimum absolute atomic E-state index is 0.0236. The van der Waals surface area contributed by atoms with Gasteiger partial charge in [0.05, 0.1) is 5.56 Å². The molecule has 0 unspecified atom stereocenters. The molecule has 0 atom stereocenters. The molecule has 0 radical (unpaired) electrons. The number of pyridine rings is 1. The SMILES string of the molecule is CCNC(=O)N1CCC(NC(=O)c2cccnc2)CC1. The molecular formula is C14H20N4O2. The van der Waals surface area contributed by atoms with Crippen molar-refractivity contribution >= 4 is 11.9 Å². The van der Waals surface area contributed by atoms with E-state index in [1.807, 2.05) is 6.92 Å². The van der Waals surface area contributed by atoms with Gasteiger partial charge in [-0.25, -0.2) is 4.79 Å². The third-order valence-corrected chi connectivity index (χ3v) is 3.37. The van der Waals surface area contributed by atoms with Crippen LogP contribution in [0.4, 0.5) is 4.79 Å². The number of amides is 3. The summed E-state index contributed by atoms with van der Waals surface area (Å²) in [6.07, 6.45) is 4.76. The Labute approximate surface area is 118 Å². The predicted octanol–water partition coefficient (Wildman–Crippen LogP) is 1.01. The zero-order valence-corrected chi connectivity index (χ0v) is 11.6. The van der Waals surface area contributed by atoms with Crippen LogP contribution in [0, 0.1) is 0 Å². The fraction of sp³-hybridized carbons (Fsp3) is 0.500. The van der Waals surface area contributed by atoms with E-state index in [0.29, 0.717) is 25.2 Å². The molecule has 1 fully saturated rings. The first-order valence-corrected chi connectivity index (χ1v) is 6.94. The summed E-state index contributed by atoms with van der Waals surface area (Å²) in [6.45, 7) is 3.88. The molecule has 2 N–H and O–H groups in total. The Kier molecular flexibility index (Phi) is 4.92. The topological polar surface area (TPSA) is 74.3 Å². The summed E-state index contributed by atoms with van der Waals surface area (Å²) in [4.78, 5) is 29.4. The second-order valence-electron chi connectivity index (χ2n) is 4.81. The van der Waals surface area contributed by atoms with Gasteiger partial charge in [-0.3, -0.25) is 9.78 Å². The van der Waals surface area contributed by atoms with Crippen LogP contribution in [-0.4, -0.2) is 47.5 Å². The van der Waals surface area contributed by atoms with Crippen LogP contribution >= 0.6 is 0 Å². The number of likely N-dealkylation sites (tertiary alicyclic amines) is 1. The third kappa shape index (κ3) is 3.69. The maximum Gasteiger partial charge on any atom is 0.317 e. The van der Waals surface area contributed by atoms with Crippen LogP contribution in [-0.2, 0) is 0 Å². The zero-order chi connectivity index (χ0) is 14.4. The first kappa shape index (κ1) is 14.3. The molecule has 1 aliphatic heterocycles. The summed E-state index contributed by atoms with van der Waals surface area (Å²) >= 11 is 0. The lowest BCUT2D eigenvalue weighted by atomic mass is 10.0. The Bertz CT molecular complexity index is 456. The Morgan fingerprint density at radius 2 is 2.15 bits per heavy atom. The molecule has 2 heterocycles. The first-order valence-electron chi connectivity index (χ1n) is 6.94. The lowest BCUT2D eigenvalue weighted by molar-refractivity contribution is 0.0917. The summed E-state index contributed by atoms with van der Waals surface area (Å²) in [5, 5.41) is 5.78. The molecule has 0 aromatic carbocycles. The average molecular weight is 276 g/mol. The lowest BCUT2D eigenvalue weighted by Crippen LogP contribution is -2.49. The van der Waals surface area contributed by atoms with Gasteiger partial charge in [-0.1, -0.05) is 0 Å². The molecule has 1 saturated heterocycles. The highest BCUT2D eigenvalue weighted by Crippen LogP contribution is 2.11. The van der Waals surface area contributed by atoms with Crippen LogP contribution in [0.5, 0.6) is 0 Å². The number of rotatable bonds is 3. The van der Waals surface area contributed by atoms with E-state index in [-0.39, 0.29) is 18.0 Å². The molecule has 0 saturated carbocycles. The summed E-state index contributed by atoms with van der Waals surface area (Å²) in [6, 6.07) is 3.58. The smallest absolute Gasteiger partial charge is 0.317 e. The standard InChI is InChI=1S/C14H20N4O2/c1-2-16-14(20)18-8-5-12(6-9-18)17-13(19)11-4-3-7-15-10-11/h3-4,7,10,12H,2,5-6,8-9H2,1H3,(H,16,20)(H,17,19). The second kappa shape index (κ2) is 6.88. The molecule has 1 aromatic rings. The summed E-state index contributed by atoms with van der Waals surface area (Å²) in [7, 11) is 0. The fourth-order valence-corrected chi connectivity index (χ4v) is 2.26. The largest absolute Gasteiger partial charge is 0.349 e. The van der Waals surface area contributed by atoms with E-state index in [4.69, 9.17) is 0 Å². The molecule has 0 aliphatic carbocycles. The number of piperidine rings is 1. The number of hydrogen-bond donors (Lipinski definition) is 2.